The highest BCUT2D eigenvalue weighted by Crippen LogP contribution is 2.19. The van der Waals surface area contributed by atoms with Crippen LogP contribution >= 0.6 is 0 Å². The highest BCUT2D eigenvalue weighted by Gasteiger charge is 2.17. The SMILES string of the molecule is CCCCCC(C)NS(=O)(=O)c1ccc2ccccc2c1. The summed E-state index contributed by atoms with van der Waals surface area (Å²) in [5.41, 5.74) is 0. The number of benzene rings is 2. The molecule has 1 atom stereocenters. The van der Waals surface area contributed by atoms with Crippen LogP contribution in [-0.4, -0.2) is 14.5 Å². The number of rotatable bonds is 7. The van der Waals surface area contributed by atoms with E-state index in [1.165, 1.54) is 0 Å². The van der Waals surface area contributed by atoms with Crippen LogP contribution < -0.4 is 4.72 Å². The van der Waals surface area contributed by atoms with Gasteiger partial charge in [0.05, 0.1) is 4.90 Å². The molecule has 4 heteroatoms. The Morgan fingerprint density at radius 1 is 1.05 bits per heavy atom. The molecule has 1 N–H and O–H groups in total. The molecule has 0 aliphatic heterocycles. The molecule has 114 valence electrons. The first-order chi connectivity index (χ1) is 10.0. The quantitative estimate of drug-likeness (QED) is 0.783. The molecule has 0 fully saturated rings. The second kappa shape index (κ2) is 7.05. The van der Waals surface area contributed by atoms with Gasteiger partial charge in [-0.3, -0.25) is 0 Å². The van der Waals surface area contributed by atoms with Crippen LogP contribution in [0, 0.1) is 0 Å². The van der Waals surface area contributed by atoms with Gasteiger partial charge in [0.1, 0.15) is 0 Å². The summed E-state index contributed by atoms with van der Waals surface area (Å²) in [4.78, 5) is 0.337. The minimum atomic E-state index is -3.44. The molecule has 0 aliphatic rings. The van der Waals surface area contributed by atoms with Crippen LogP contribution in [0.1, 0.15) is 39.5 Å². The van der Waals surface area contributed by atoms with E-state index in [0.29, 0.717) is 4.90 Å². The largest absolute Gasteiger partial charge is 0.240 e. The normalized spacial score (nSPS) is 13.4. The third-order valence-electron chi connectivity index (χ3n) is 3.63. The van der Waals surface area contributed by atoms with E-state index in [1.807, 2.05) is 37.3 Å². The molecule has 0 aromatic heterocycles. The van der Waals surface area contributed by atoms with Gasteiger partial charge < -0.3 is 0 Å². The molecule has 2 aromatic rings. The predicted octanol–water partition coefficient (Wildman–Crippen LogP) is 4.09. The van der Waals surface area contributed by atoms with Crippen molar-refractivity contribution in [1.29, 1.82) is 0 Å². The predicted molar refractivity (Wildman–Crippen MR) is 87.9 cm³/mol. The van der Waals surface area contributed by atoms with Crippen LogP contribution in [0.5, 0.6) is 0 Å². The Bertz CT molecular complexity index is 695. The zero-order chi connectivity index (χ0) is 15.3. The fourth-order valence-corrected chi connectivity index (χ4v) is 3.74. The van der Waals surface area contributed by atoms with Crippen molar-refractivity contribution >= 4 is 20.8 Å². The summed E-state index contributed by atoms with van der Waals surface area (Å²) < 4.78 is 27.6. The Hall–Kier alpha value is -1.39. The van der Waals surface area contributed by atoms with Gasteiger partial charge in [0, 0.05) is 6.04 Å². The molecule has 0 saturated heterocycles. The molecular weight excluding hydrogens is 282 g/mol. The first-order valence-corrected chi connectivity index (χ1v) is 9.02. The lowest BCUT2D eigenvalue weighted by Gasteiger charge is -2.14. The number of fused-ring (bicyclic) bond motifs is 1. The van der Waals surface area contributed by atoms with Gasteiger partial charge in [-0.1, -0.05) is 56.5 Å². The maximum atomic E-state index is 12.4. The van der Waals surface area contributed by atoms with Crippen molar-refractivity contribution in [3.05, 3.63) is 42.5 Å². The van der Waals surface area contributed by atoms with E-state index in [4.69, 9.17) is 0 Å². The maximum Gasteiger partial charge on any atom is 0.240 e. The van der Waals surface area contributed by atoms with Gasteiger partial charge >= 0.3 is 0 Å². The van der Waals surface area contributed by atoms with Gasteiger partial charge in [0.25, 0.3) is 0 Å². The molecule has 0 saturated carbocycles. The third kappa shape index (κ3) is 4.29. The van der Waals surface area contributed by atoms with Crippen molar-refractivity contribution in [2.75, 3.05) is 0 Å². The van der Waals surface area contributed by atoms with E-state index in [2.05, 4.69) is 11.6 Å². The van der Waals surface area contributed by atoms with Gasteiger partial charge in [-0.15, -0.1) is 0 Å². The van der Waals surface area contributed by atoms with Crippen LogP contribution in [0.4, 0.5) is 0 Å². The van der Waals surface area contributed by atoms with E-state index in [9.17, 15) is 8.42 Å². The van der Waals surface area contributed by atoms with Crippen molar-refractivity contribution in [3.63, 3.8) is 0 Å². The average molecular weight is 305 g/mol. The fourth-order valence-electron chi connectivity index (χ4n) is 2.43. The van der Waals surface area contributed by atoms with Gasteiger partial charge in [-0.25, -0.2) is 13.1 Å². The first kappa shape index (κ1) is 16.0. The van der Waals surface area contributed by atoms with Crippen LogP contribution in [0.3, 0.4) is 0 Å². The Balaban J connectivity index is 2.13. The van der Waals surface area contributed by atoms with E-state index in [0.717, 1.165) is 36.5 Å². The smallest absolute Gasteiger partial charge is 0.208 e. The first-order valence-electron chi connectivity index (χ1n) is 7.54. The van der Waals surface area contributed by atoms with Gasteiger partial charge in [-0.2, -0.15) is 0 Å². The number of hydrogen-bond acceptors (Lipinski definition) is 2. The molecule has 1 unspecified atom stereocenters. The summed E-state index contributed by atoms with van der Waals surface area (Å²) in [5, 5.41) is 1.99. The second-order valence-corrected chi connectivity index (χ2v) is 7.24. The monoisotopic (exact) mass is 305 g/mol. The zero-order valence-corrected chi connectivity index (χ0v) is 13.5. The molecule has 0 spiro atoms. The third-order valence-corrected chi connectivity index (χ3v) is 5.22. The fraction of sp³-hybridized carbons (Fsp3) is 0.412. The molecule has 0 bridgehead atoms. The number of nitrogens with one attached hydrogen (secondary N) is 1. The van der Waals surface area contributed by atoms with Crippen molar-refractivity contribution < 1.29 is 8.42 Å². The Kier molecular flexibility index (Phi) is 5.37. The van der Waals surface area contributed by atoms with Crippen molar-refractivity contribution in [1.82, 2.24) is 4.72 Å². The van der Waals surface area contributed by atoms with E-state index >= 15 is 0 Å². The minimum Gasteiger partial charge on any atom is -0.208 e. The topological polar surface area (TPSA) is 46.2 Å². The standard InChI is InChI=1S/C17H23NO2S/c1-3-4-5-8-14(2)18-21(19,20)17-12-11-15-9-6-7-10-16(15)13-17/h6-7,9-14,18H,3-5,8H2,1-2H3. The molecule has 2 aromatic carbocycles. The Morgan fingerprint density at radius 3 is 2.48 bits per heavy atom. The molecule has 0 radical (unpaired) electrons. The van der Waals surface area contributed by atoms with Crippen molar-refractivity contribution in [3.8, 4) is 0 Å². The average Bonchev–Trinajstić information content (AvgIpc) is 2.46. The van der Waals surface area contributed by atoms with Crippen LogP contribution in [0.2, 0.25) is 0 Å². The lowest BCUT2D eigenvalue weighted by molar-refractivity contribution is 0.527. The molecule has 2 rings (SSSR count). The highest BCUT2D eigenvalue weighted by atomic mass is 32.2. The molecule has 0 aliphatic carbocycles. The summed E-state index contributed by atoms with van der Waals surface area (Å²) in [6.45, 7) is 4.07. The zero-order valence-electron chi connectivity index (χ0n) is 12.7. The van der Waals surface area contributed by atoms with Crippen molar-refractivity contribution in [2.45, 2.75) is 50.5 Å². The molecule has 0 amide bonds. The van der Waals surface area contributed by atoms with Gasteiger partial charge in [-0.05, 0) is 36.2 Å². The highest BCUT2D eigenvalue weighted by molar-refractivity contribution is 7.89. The molecule has 0 heterocycles. The summed E-state index contributed by atoms with van der Waals surface area (Å²) in [7, 11) is -3.44. The lowest BCUT2D eigenvalue weighted by atomic mass is 10.1. The summed E-state index contributed by atoms with van der Waals surface area (Å²) in [6.07, 6.45) is 4.21. The van der Waals surface area contributed by atoms with Crippen LogP contribution in [0.25, 0.3) is 10.8 Å². The van der Waals surface area contributed by atoms with E-state index < -0.39 is 10.0 Å². The molecular formula is C17H23NO2S. The molecule has 21 heavy (non-hydrogen) atoms. The Labute approximate surface area is 127 Å². The van der Waals surface area contributed by atoms with Crippen LogP contribution in [0.15, 0.2) is 47.4 Å². The Morgan fingerprint density at radius 2 is 1.76 bits per heavy atom. The minimum absolute atomic E-state index is 0.0342. The summed E-state index contributed by atoms with van der Waals surface area (Å²) in [6, 6.07) is 13.0. The number of hydrogen-bond donors (Lipinski definition) is 1. The van der Waals surface area contributed by atoms with Gasteiger partial charge in [0.15, 0.2) is 0 Å². The summed E-state index contributed by atoms with van der Waals surface area (Å²) in [5.74, 6) is 0. The number of unbranched alkanes of at least 4 members (excludes halogenated alkanes) is 2. The van der Waals surface area contributed by atoms with Crippen molar-refractivity contribution in [2.24, 2.45) is 0 Å². The van der Waals surface area contributed by atoms with Gasteiger partial charge in [0.2, 0.25) is 10.0 Å². The lowest BCUT2D eigenvalue weighted by Crippen LogP contribution is -2.32. The van der Waals surface area contributed by atoms with E-state index in [-0.39, 0.29) is 6.04 Å². The second-order valence-electron chi connectivity index (χ2n) is 5.53. The summed E-state index contributed by atoms with van der Waals surface area (Å²) >= 11 is 0. The molecule has 3 nitrogen and oxygen atoms in total. The van der Waals surface area contributed by atoms with E-state index in [1.54, 1.807) is 12.1 Å². The maximum absolute atomic E-state index is 12.4. The number of sulfonamides is 1. The van der Waals surface area contributed by atoms with Crippen LogP contribution in [-0.2, 0) is 10.0 Å².